The third-order valence-electron chi connectivity index (χ3n) is 3.90. The first kappa shape index (κ1) is 19.8. The Kier molecular flexibility index (Phi) is 7.00. The first-order valence-electron chi connectivity index (χ1n) is 8.94. The number of carbonyl (C=O) groups excluding carboxylic acids is 3. The molecule has 0 spiro atoms. The number of nitrogens with one attached hydrogen (secondary N) is 1. The predicted molar refractivity (Wildman–Crippen MR) is 95.9 cm³/mol. The van der Waals surface area contributed by atoms with E-state index in [0.717, 1.165) is 6.42 Å². The zero-order valence-corrected chi connectivity index (χ0v) is 15.5. The van der Waals surface area contributed by atoms with Crippen LogP contribution in [0.15, 0.2) is 24.3 Å². The molecule has 2 amide bonds. The highest BCUT2D eigenvalue weighted by Gasteiger charge is 2.36. The predicted octanol–water partition coefficient (Wildman–Crippen LogP) is 1.76. The van der Waals surface area contributed by atoms with Crippen molar-refractivity contribution in [2.75, 3.05) is 19.7 Å². The van der Waals surface area contributed by atoms with Gasteiger partial charge in [-0.05, 0) is 32.4 Å². The van der Waals surface area contributed by atoms with E-state index in [-0.39, 0.29) is 24.3 Å². The lowest BCUT2D eigenvalue weighted by molar-refractivity contribution is -0.151. The van der Waals surface area contributed by atoms with E-state index in [0.29, 0.717) is 31.0 Å². The van der Waals surface area contributed by atoms with Crippen molar-refractivity contribution in [3.63, 3.8) is 0 Å². The summed E-state index contributed by atoms with van der Waals surface area (Å²) >= 11 is 0. The quantitative estimate of drug-likeness (QED) is 0.747. The molecule has 0 radical (unpaired) electrons. The molecule has 1 aromatic rings. The van der Waals surface area contributed by atoms with Gasteiger partial charge in [-0.2, -0.15) is 0 Å². The number of piperazine rings is 1. The standard InChI is InChI=1S/C19H26N2O5/c1-4-11-25-16-8-6-5-7-14(16)19(24)21-10-9-20-18(23)15(21)12-17(22)26-13(2)3/h5-8,13,15H,4,9-12H2,1-3H3,(H,20,23)/t15-/m0/s1. The number of hydrogen-bond acceptors (Lipinski definition) is 5. The Balaban J connectivity index is 2.22. The molecule has 1 saturated heterocycles. The van der Waals surface area contributed by atoms with Crippen LogP contribution in [0, 0.1) is 0 Å². The lowest BCUT2D eigenvalue weighted by Gasteiger charge is -2.35. The first-order valence-corrected chi connectivity index (χ1v) is 8.94. The van der Waals surface area contributed by atoms with E-state index in [1.54, 1.807) is 38.1 Å². The molecule has 0 saturated carbocycles. The molecule has 0 aliphatic carbocycles. The lowest BCUT2D eigenvalue weighted by Crippen LogP contribution is -2.58. The van der Waals surface area contributed by atoms with E-state index >= 15 is 0 Å². The maximum atomic E-state index is 13.1. The Morgan fingerprint density at radius 3 is 2.73 bits per heavy atom. The van der Waals surface area contributed by atoms with Gasteiger partial charge in [0.2, 0.25) is 5.91 Å². The third kappa shape index (κ3) is 4.97. The number of ether oxygens (including phenoxy) is 2. The molecule has 142 valence electrons. The van der Waals surface area contributed by atoms with Crippen LogP contribution in [0.5, 0.6) is 5.75 Å². The van der Waals surface area contributed by atoms with E-state index in [4.69, 9.17) is 9.47 Å². The summed E-state index contributed by atoms with van der Waals surface area (Å²) in [7, 11) is 0. The Morgan fingerprint density at radius 1 is 1.31 bits per heavy atom. The second-order valence-corrected chi connectivity index (χ2v) is 6.39. The maximum absolute atomic E-state index is 13.1. The molecule has 1 aliphatic rings. The van der Waals surface area contributed by atoms with Gasteiger partial charge in [0, 0.05) is 13.1 Å². The number of nitrogens with zero attached hydrogens (tertiary/aromatic N) is 1. The van der Waals surface area contributed by atoms with Crippen LogP contribution in [0.25, 0.3) is 0 Å². The number of rotatable bonds is 7. The molecule has 1 N–H and O–H groups in total. The van der Waals surface area contributed by atoms with Crippen molar-refractivity contribution >= 4 is 17.8 Å². The Bertz CT molecular complexity index is 659. The highest BCUT2D eigenvalue weighted by molar-refractivity contribution is 6.01. The molecular formula is C19H26N2O5. The largest absolute Gasteiger partial charge is 0.493 e. The van der Waals surface area contributed by atoms with Crippen LogP contribution in [-0.2, 0) is 14.3 Å². The van der Waals surface area contributed by atoms with E-state index in [1.165, 1.54) is 4.90 Å². The van der Waals surface area contributed by atoms with E-state index in [1.807, 2.05) is 6.92 Å². The highest BCUT2D eigenvalue weighted by atomic mass is 16.5. The van der Waals surface area contributed by atoms with Crippen LogP contribution in [0.4, 0.5) is 0 Å². The number of hydrogen-bond donors (Lipinski definition) is 1. The van der Waals surface area contributed by atoms with Crippen molar-refractivity contribution in [2.45, 2.75) is 45.8 Å². The van der Waals surface area contributed by atoms with E-state index < -0.39 is 12.0 Å². The van der Waals surface area contributed by atoms with Crippen molar-refractivity contribution in [1.29, 1.82) is 0 Å². The van der Waals surface area contributed by atoms with Gasteiger partial charge in [-0.25, -0.2) is 0 Å². The molecule has 1 aromatic carbocycles. The van der Waals surface area contributed by atoms with Gasteiger partial charge < -0.3 is 19.7 Å². The van der Waals surface area contributed by atoms with Gasteiger partial charge in [-0.3, -0.25) is 14.4 Å². The summed E-state index contributed by atoms with van der Waals surface area (Å²) in [5.74, 6) is -0.699. The van der Waals surface area contributed by atoms with Crippen LogP contribution < -0.4 is 10.1 Å². The number of benzene rings is 1. The molecule has 7 nitrogen and oxygen atoms in total. The summed E-state index contributed by atoms with van der Waals surface area (Å²) < 4.78 is 10.8. The topological polar surface area (TPSA) is 84.9 Å². The third-order valence-corrected chi connectivity index (χ3v) is 3.90. The van der Waals surface area contributed by atoms with Crippen LogP contribution in [0.2, 0.25) is 0 Å². The zero-order chi connectivity index (χ0) is 19.1. The number of carbonyl (C=O) groups is 3. The van der Waals surface area contributed by atoms with Gasteiger partial charge in [0.15, 0.2) is 0 Å². The van der Waals surface area contributed by atoms with Gasteiger partial charge >= 0.3 is 5.97 Å². The number of esters is 1. The molecule has 1 heterocycles. The smallest absolute Gasteiger partial charge is 0.308 e. The molecule has 1 atom stereocenters. The van der Waals surface area contributed by atoms with Crippen molar-refractivity contribution in [2.24, 2.45) is 0 Å². The Labute approximate surface area is 153 Å². The van der Waals surface area contributed by atoms with Crippen molar-refractivity contribution in [3.8, 4) is 5.75 Å². The normalized spacial score (nSPS) is 17.0. The van der Waals surface area contributed by atoms with Crippen LogP contribution in [0.1, 0.15) is 44.0 Å². The Morgan fingerprint density at radius 2 is 2.04 bits per heavy atom. The van der Waals surface area contributed by atoms with Gasteiger partial charge in [0.05, 0.1) is 24.7 Å². The fourth-order valence-corrected chi connectivity index (χ4v) is 2.77. The molecule has 2 rings (SSSR count). The second-order valence-electron chi connectivity index (χ2n) is 6.39. The average Bonchev–Trinajstić information content (AvgIpc) is 2.60. The maximum Gasteiger partial charge on any atom is 0.308 e. The number of amides is 2. The molecule has 1 aliphatic heterocycles. The van der Waals surface area contributed by atoms with Gasteiger partial charge in [-0.1, -0.05) is 19.1 Å². The lowest BCUT2D eigenvalue weighted by atomic mass is 10.1. The molecular weight excluding hydrogens is 336 g/mol. The van der Waals surface area contributed by atoms with Crippen LogP contribution in [0.3, 0.4) is 0 Å². The fourth-order valence-electron chi connectivity index (χ4n) is 2.77. The second kappa shape index (κ2) is 9.22. The van der Waals surface area contributed by atoms with Crippen molar-refractivity contribution in [3.05, 3.63) is 29.8 Å². The first-order chi connectivity index (χ1) is 12.4. The fraction of sp³-hybridized carbons (Fsp3) is 0.526. The SMILES string of the molecule is CCCOc1ccccc1C(=O)N1CCNC(=O)[C@@H]1CC(=O)OC(C)C. The molecule has 26 heavy (non-hydrogen) atoms. The highest BCUT2D eigenvalue weighted by Crippen LogP contribution is 2.23. The molecule has 0 bridgehead atoms. The minimum Gasteiger partial charge on any atom is -0.493 e. The van der Waals surface area contributed by atoms with Gasteiger partial charge in [0.25, 0.3) is 5.91 Å². The zero-order valence-electron chi connectivity index (χ0n) is 15.5. The molecule has 7 heteroatoms. The summed E-state index contributed by atoms with van der Waals surface area (Å²) in [6.45, 7) is 6.63. The van der Waals surface area contributed by atoms with E-state index in [9.17, 15) is 14.4 Å². The van der Waals surface area contributed by atoms with Gasteiger partial charge in [-0.15, -0.1) is 0 Å². The number of para-hydroxylation sites is 1. The van der Waals surface area contributed by atoms with Crippen LogP contribution >= 0.6 is 0 Å². The molecule has 0 aromatic heterocycles. The van der Waals surface area contributed by atoms with Crippen molar-refractivity contribution < 1.29 is 23.9 Å². The average molecular weight is 362 g/mol. The summed E-state index contributed by atoms with van der Waals surface area (Å²) in [5.41, 5.74) is 0.387. The summed E-state index contributed by atoms with van der Waals surface area (Å²) in [4.78, 5) is 38.8. The minimum atomic E-state index is -0.887. The summed E-state index contributed by atoms with van der Waals surface area (Å²) in [6, 6.07) is 6.06. The Hall–Kier alpha value is -2.57. The van der Waals surface area contributed by atoms with Crippen molar-refractivity contribution in [1.82, 2.24) is 10.2 Å². The molecule has 1 fully saturated rings. The summed E-state index contributed by atoms with van der Waals surface area (Å²) in [5, 5.41) is 2.70. The summed E-state index contributed by atoms with van der Waals surface area (Å²) in [6.07, 6.45) is 0.368. The van der Waals surface area contributed by atoms with Crippen LogP contribution in [-0.4, -0.2) is 54.5 Å². The van der Waals surface area contributed by atoms with E-state index in [2.05, 4.69) is 5.32 Å². The monoisotopic (exact) mass is 362 g/mol. The minimum absolute atomic E-state index is 0.173. The van der Waals surface area contributed by atoms with Gasteiger partial charge in [0.1, 0.15) is 11.8 Å². The molecule has 0 unspecified atom stereocenters.